The molecule has 0 spiro atoms. The average Bonchev–Trinajstić information content (AvgIpc) is 2.53. The van der Waals surface area contributed by atoms with Crippen LogP contribution in [0.15, 0.2) is 30.3 Å². The highest BCUT2D eigenvalue weighted by molar-refractivity contribution is 6.01. The molecule has 110 valence electrons. The third-order valence-electron chi connectivity index (χ3n) is 4.22. The quantitative estimate of drug-likeness (QED) is 0.894. The lowest BCUT2D eigenvalue weighted by Gasteiger charge is -2.33. The lowest BCUT2D eigenvalue weighted by Crippen LogP contribution is -2.37. The van der Waals surface area contributed by atoms with Gasteiger partial charge in [0.25, 0.3) is 5.91 Å². The first-order valence-corrected chi connectivity index (χ1v) is 7.33. The molecule has 5 nitrogen and oxygen atoms in total. The zero-order valence-electron chi connectivity index (χ0n) is 12.0. The van der Waals surface area contributed by atoms with Crippen LogP contribution in [0.3, 0.4) is 0 Å². The van der Waals surface area contributed by atoms with E-state index in [4.69, 9.17) is 11.5 Å². The number of primary amides is 1. The Kier molecular flexibility index (Phi) is 3.75. The topological polar surface area (TPSA) is 85.2 Å². The minimum Gasteiger partial charge on any atom is -0.365 e. The molecule has 1 aliphatic heterocycles. The molecule has 3 rings (SSSR count). The van der Waals surface area contributed by atoms with Gasteiger partial charge in [-0.2, -0.15) is 0 Å². The van der Waals surface area contributed by atoms with E-state index >= 15 is 0 Å². The number of amides is 1. The van der Waals surface area contributed by atoms with Crippen LogP contribution >= 0.6 is 0 Å². The molecule has 1 aromatic heterocycles. The van der Waals surface area contributed by atoms with Gasteiger partial charge in [0.05, 0.1) is 11.1 Å². The lowest BCUT2D eigenvalue weighted by molar-refractivity contribution is 0.100. The molecule has 1 fully saturated rings. The molecular formula is C16H20N4O. The summed E-state index contributed by atoms with van der Waals surface area (Å²) in [6, 6.07) is 9.62. The number of piperidine rings is 1. The highest BCUT2D eigenvalue weighted by atomic mass is 16.1. The number of nitrogens with two attached hydrogens (primary N) is 2. The van der Waals surface area contributed by atoms with E-state index in [2.05, 4.69) is 9.88 Å². The number of aromatic nitrogens is 1. The van der Waals surface area contributed by atoms with Gasteiger partial charge >= 0.3 is 0 Å². The highest BCUT2D eigenvalue weighted by Gasteiger charge is 2.23. The van der Waals surface area contributed by atoms with Gasteiger partial charge in [0.1, 0.15) is 5.82 Å². The van der Waals surface area contributed by atoms with Crippen LogP contribution in [-0.4, -0.2) is 30.5 Å². The van der Waals surface area contributed by atoms with Crippen molar-refractivity contribution in [2.75, 3.05) is 24.5 Å². The summed E-state index contributed by atoms with van der Waals surface area (Å²) >= 11 is 0. The van der Waals surface area contributed by atoms with Crippen molar-refractivity contribution in [2.24, 2.45) is 17.4 Å². The Hall–Kier alpha value is -2.14. The largest absolute Gasteiger partial charge is 0.365 e. The molecule has 21 heavy (non-hydrogen) atoms. The van der Waals surface area contributed by atoms with Gasteiger partial charge in [-0.1, -0.05) is 18.2 Å². The minimum absolute atomic E-state index is 0.427. The van der Waals surface area contributed by atoms with Crippen LogP contribution in [-0.2, 0) is 0 Å². The number of carbonyl (C=O) groups excluding carboxylic acids is 1. The van der Waals surface area contributed by atoms with Gasteiger partial charge in [-0.15, -0.1) is 0 Å². The second kappa shape index (κ2) is 5.69. The summed E-state index contributed by atoms with van der Waals surface area (Å²) in [4.78, 5) is 18.6. The van der Waals surface area contributed by atoms with Crippen LogP contribution in [0, 0.1) is 5.92 Å². The number of anilines is 1. The predicted molar refractivity (Wildman–Crippen MR) is 84.3 cm³/mol. The van der Waals surface area contributed by atoms with Crippen molar-refractivity contribution in [3.05, 3.63) is 35.9 Å². The van der Waals surface area contributed by atoms with Crippen molar-refractivity contribution in [1.29, 1.82) is 0 Å². The van der Waals surface area contributed by atoms with Crippen molar-refractivity contribution in [1.82, 2.24) is 4.98 Å². The second-order valence-electron chi connectivity index (χ2n) is 5.58. The Morgan fingerprint density at radius 2 is 2.00 bits per heavy atom. The molecular weight excluding hydrogens is 264 g/mol. The van der Waals surface area contributed by atoms with E-state index < -0.39 is 5.91 Å². The molecule has 2 aromatic rings. The Balaban J connectivity index is 2.00. The van der Waals surface area contributed by atoms with Gasteiger partial charge in [-0.05, 0) is 37.4 Å². The number of benzene rings is 1. The summed E-state index contributed by atoms with van der Waals surface area (Å²) in [6.45, 7) is 2.46. The monoisotopic (exact) mass is 284 g/mol. The first-order valence-electron chi connectivity index (χ1n) is 7.33. The first-order chi connectivity index (χ1) is 10.2. The molecule has 1 amide bonds. The van der Waals surface area contributed by atoms with Gasteiger partial charge in [-0.3, -0.25) is 4.79 Å². The Labute approximate surface area is 123 Å². The fourth-order valence-electron chi connectivity index (χ4n) is 2.91. The number of para-hydroxylation sites is 1. The molecule has 0 unspecified atom stereocenters. The van der Waals surface area contributed by atoms with Crippen LogP contribution in [0.2, 0.25) is 0 Å². The van der Waals surface area contributed by atoms with E-state index in [0.29, 0.717) is 17.3 Å². The van der Waals surface area contributed by atoms with Crippen molar-refractivity contribution in [3.63, 3.8) is 0 Å². The average molecular weight is 284 g/mol. The number of nitrogens with zero attached hydrogens (tertiary/aromatic N) is 2. The number of hydrogen-bond acceptors (Lipinski definition) is 4. The maximum absolute atomic E-state index is 11.8. The lowest BCUT2D eigenvalue weighted by atomic mass is 9.96. The van der Waals surface area contributed by atoms with Gasteiger partial charge in [0.15, 0.2) is 0 Å². The van der Waals surface area contributed by atoms with Crippen molar-refractivity contribution in [2.45, 2.75) is 12.8 Å². The maximum Gasteiger partial charge on any atom is 0.252 e. The van der Waals surface area contributed by atoms with Crippen LogP contribution in [0.25, 0.3) is 10.9 Å². The summed E-state index contributed by atoms with van der Waals surface area (Å²) in [5.74, 6) is 0.847. The second-order valence-corrected chi connectivity index (χ2v) is 5.58. The van der Waals surface area contributed by atoms with E-state index in [-0.39, 0.29) is 0 Å². The van der Waals surface area contributed by atoms with Gasteiger partial charge < -0.3 is 16.4 Å². The molecule has 5 heteroatoms. The van der Waals surface area contributed by atoms with Crippen LogP contribution in [0.1, 0.15) is 23.2 Å². The third kappa shape index (κ3) is 2.69. The fraction of sp³-hybridized carbons (Fsp3) is 0.375. The van der Waals surface area contributed by atoms with Gasteiger partial charge in [0, 0.05) is 18.5 Å². The number of hydrogen-bond donors (Lipinski definition) is 2. The standard InChI is InChI=1S/C16H20N4O/c17-10-11-5-7-20(8-6-11)16-13(15(18)21)9-12-3-1-2-4-14(12)19-16/h1-4,9,11H,5-8,10,17H2,(H2,18,21). The number of rotatable bonds is 3. The molecule has 2 heterocycles. The first kappa shape index (κ1) is 13.8. The van der Waals surface area contributed by atoms with Gasteiger partial charge in [0.2, 0.25) is 0 Å². The smallest absolute Gasteiger partial charge is 0.252 e. The van der Waals surface area contributed by atoms with Crippen molar-refractivity contribution in [3.8, 4) is 0 Å². The van der Waals surface area contributed by atoms with E-state index in [1.54, 1.807) is 0 Å². The summed E-state index contributed by atoms with van der Waals surface area (Å²) in [5, 5.41) is 0.937. The Bertz CT molecular complexity index is 662. The van der Waals surface area contributed by atoms with Crippen molar-refractivity contribution < 1.29 is 4.79 Å². The Morgan fingerprint density at radius 3 is 2.67 bits per heavy atom. The fourth-order valence-corrected chi connectivity index (χ4v) is 2.91. The van der Waals surface area contributed by atoms with Crippen LogP contribution in [0.5, 0.6) is 0 Å². The third-order valence-corrected chi connectivity index (χ3v) is 4.22. The Morgan fingerprint density at radius 1 is 1.29 bits per heavy atom. The van der Waals surface area contributed by atoms with E-state index in [0.717, 1.165) is 43.4 Å². The molecule has 0 saturated carbocycles. The van der Waals surface area contributed by atoms with Gasteiger partial charge in [-0.25, -0.2) is 4.98 Å². The van der Waals surface area contributed by atoms with E-state index in [1.165, 1.54) is 0 Å². The van der Waals surface area contributed by atoms with Crippen LogP contribution < -0.4 is 16.4 Å². The molecule has 0 radical (unpaired) electrons. The predicted octanol–water partition coefficient (Wildman–Crippen LogP) is 1.51. The molecule has 0 atom stereocenters. The zero-order chi connectivity index (χ0) is 14.8. The molecule has 0 bridgehead atoms. The molecule has 0 aliphatic carbocycles. The summed E-state index contributed by atoms with van der Waals surface area (Å²) in [5.41, 5.74) is 12.7. The minimum atomic E-state index is -0.427. The summed E-state index contributed by atoms with van der Waals surface area (Å²) in [6.07, 6.45) is 2.06. The summed E-state index contributed by atoms with van der Waals surface area (Å²) in [7, 11) is 0. The zero-order valence-corrected chi connectivity index (χ0v) is 12.0. The molecule has 1 aromatic carbocycles. The van der Waals surface area contributed by atoms with Crippen LogP contribution in [0.4, 0.5) is 5.82 Å². The maximum atomic E-state index is 11.8. The number of fused-ring (bicyclic) bond motifs is 1. The SMILES string of the molecule is NCC1CCN(c2nc3ccccc3cc2C(N)=O)CC1. The van der Waals surface area contributed by atoms with Crippen molar-refractivity contribution >= 4 is 22.6 Å². The summed E-state index contributed by atoms with van der Waals surface area (Å²) < 4.78 is 0. The molecule has 4 N–H and O–H groups in total. The molecule has 1 saturated heterocycles. The number of pyridine rings is 1. The normalized spacial score (nSPS) is 16.3. The molecule has 1 aliphatic rings. The highest BCUT2D eigenvalue weighted by Crippen LogP contribution is 2.27. The van der Waals surface area contributed by atoms with E-state index in [9.17, 15) is 4.79 Å². The van der Waals surface area contributed by atoms with E-state index in [1.807, 2.05) is 30.3 Å². The number of carbonyl (C=O) groups is 1.